The quantitative estimate of drug-likeness (QED) is 0.690. The van der Waals surface area contributed by atoms with Crippen LogP contribution in [0.5, 0.6) is 0 Å². The second-order valence-corrected chi connectivity index (χ2v) is 3.54. The first-order valence-electron chi connectivity index (χ1n) is 4.62. The summed E-state index contributed by atoms with van der Waals surface area (Å²) < 4.78 is 7.60. The Balaban J connectivity index is 2.12. The van der Waals surface area contributed by atoms with E-state index in [1.54, 1.807) is 6.20 Å². The van der Waals surface area contributed by atoms with Gasteiger partial charge in [-0.05, 0) is 12.8 Å². The molecular formula is C9H15N3O. The van der Waals surface area contributed by atoms with Gasteiger partial charge in [-0.1, -0.05) is 0 Å². The fourth-order valence-corrected chi connectivity index (χ4v) is 1.69. The molecule has 1 aliphatic rings. The molecule has 0 saturated carbocycles. The topological polar surface area (TPSA) is 53.1 Å². The van der Waals surface area contributed by atoms with Gasteiger partial charge in [-0.3, -0.25) is 0 Å². The molecule has 13 heavy (non-hydrogen) atoms. The first-order valence-corrected chi connectivity index (χ1v) is 4.62. The molecule has 0 spiro atoms. The van der Waals surface area contributed by atoms with Crippen LogP contribution in [0.4, 0.5) is 0 Å². The van der Waals surface area contributed by atoms with Crippen molar-refractivity contribution >= 4 is 0 Å². The monoisotopic (exact) mass is 181 g/mol. The summed E-state index contributed by atoms with van der Waals surface area (Å²) in [5.74, 6) is 0.982. The van der Waals surface area contributed by atoms with Crippen molar-refractivity contribution in [3.05, 3.63) is 18.2 Å². The van der Waals surface area contributed by atoms with Crippen LogP contribution in [0.25, 0.3) is 0 Å². The molecule has 1 aliphatic heterocycles. The van der Waals surface area contributed by atoms with E-state index in [4.69, 9.17) is 10.5 Å². The first kappa shape index (κ1) is 8.72. The predicted octanol–water partition coefficient (Wildman–Crippen LogP) is 0.599. The number of aryl methyl sites for hydroxylation is 1. The van der Waals surface area contributed by atoms with Crippen molar-refractivity contribution in [1.82, 2.24) is 9.55 Å². The predicted molar refractivity (Wildman–Crippen MR) is 49.1 cm³/mol. The standard InChI is InChI=1S/C9H15N3O/c1-12-4-3-11-9(12)8-6-7(10)2-5-13-8/h3-4,7-8H,2,5-6,10H2,1H3/t7-,8-/m1/s1. The zero-order valence-corrected chi connectivity index (χ0v) is 7.81. The second kappa shape index (κ2) is 3.47. The summed E-state index contributed by atoms with van der Waals surface area (Å²) in [6.45, 7) is 0.749. The van der Waals surface area contributed by atoms with Gasteiger partial charge in [0.1, 0.15) is 11.9 Å². The number of hydrogen-bond donors (Lipinski definition) is 1. The number of nitrogens with zero attached hydrogens (tertiary/aromatic N) is 2. The number of hydrogen-bond acceptors (Lipinski definition) is 3. The van der Waals surface area contributed by atoms with Crippen LogP contribution in [0, 0.1) is 0 Å². The van der Waals surface area contributed by atoms with Gasteiger partial charge in [0.15, 0.2) is 0 Å². The molecule has 0 radical (unpaired) electrons. The molecule has 1 aromatic heterocycles. The highest BCUT2D eigenvalue weighted by molar-refractivity contribution is 4.98. The van der Waals surface area contributed by atoms with Crippen LogP contribution in [-0.2, 0) is 11.8 Å². The summed E-state index contributed by atoms with van der Waals surface area (Å²) in [4.78, 5) is 4.26. The first-order chi connectivity index (χ1) is 6.27. The Hall–Kier alpha value is -0.870. The van der Waals surface area contributed by atoms with Crippen molar-refractivity contribution in [2.75, 3.05) is 6.61 Å². The Morgan fingerprint density at radius 3 is 3.15 bits per heavy atom. The Kier molecular flexibility index (Phi) is 2.33. The molecule has 1 aromatic rings. The minimum atomic E-state index is 0.0868. The maximum absolute atomic E-state index is 5.86. The fourth-order valence-electron chi connectivity index (χ4n) is 1.69. The lowest BCUT2D eigenvalue weighted by atomic mass is 10.0. The van der Waals surface area contributed by atoms with Gasteiger partial charge in [-0.25, -0.2) is 4.98 Å². The van der Waals surface area contributed by atoms with E-state index in [0.29, 0.717) is 0 Å². The Bertz CT molecular complexity index is 284. The van der Waals surface area contributed by atoms with Crippen LogP contribution in [0.15, 0.2) is 12.4 Å². The maximum Gasteiger partial charge on any atom is 0.137 e. The molecule has 72 valence electrons. The molecule has 4 heteroatoms. The molecular weight excluding hydrogens is 166 g/mol. The van der Waals surface area contributed by atoms with Gasteiger partial charge in [0, 0.05) is 32.1 Å². The smallest absolute Gasteiger partial charge is 0.137 e. The highest BCUT2D eigenvalue weighted by atomic mass is 16.5. The van der Waals surface area contributed by atoms with E-state index in [0.717, 1.165) is 25.3 Å². The molecule has 1 saturated heterocycles. The van der Waals surface area contributed by atoms with Gasteiger partial charge in [-0.15, -0.1) is 0 Å². The van der Waals surface area contributed by atoms with E-state index < -0.39 is 0 Å². The lowest BCUT2D eigenvalue weighted by Crippen LogP contribution is -2.31. The zero-order chi connectivity index (χ0) is 9.26. The van der Waals surface area contributed by atoms with Crippen molar-refractivity contribution in [3.63, 3.8) is 0 Å². The molecule has 2 rings (SSSR count). The molecule has 0 aliphatic carbocycles. The minimum absolute atomic E-state index is 0.0868. The Morgan fingerprint density at radius 2 is 2.54 bits per heavy atom. The van der Waals surface area contributed by atoms with Gasteiger partial charge >= 0.3 is 0 Å². The van der Waals surface area contributed by atoms with Gasteiger partial charge < -0.3 is 15.0 Å². The average Bonchev–Trinajstić information content (AvgIpc) is 2.51. The molecule has 2 heterocycles. The third-order valence-corrected chi connectivity index (χ3v) is 2.47. The highest BCUT2D eigenvalue weighted by Crippen LogP contribution is 2.25. The number of imidazole rings is 1. The summed E-state index contributed by atoms with van der Waals surface area (Å²) in [5.41, 5.74) is 5.86. The number of nitrogens with two attached hydrogens (primary N) is 1. The van der Waals surface area contributed by atoms with Crippen LogP contribution in [0.3, 0.4) is 0 Å². The van der Waals surface area contributed by atoms with Gasteiger partial charge in [0.05, 0.1) is 0 Å². The maximum atomic E-state index is 5.86. The largest absolute Gasteiger partial charge is 0.370 e. The van der Waals surface area contributed by atoms with E-state index in [2.05, 4.69) is 4.98 Å². The highest BCUT2D eigenvalue weighted by Gasteiger charge is 2.23. The number of rotatable bonds is 1. The summed E-state index contributed by atoms with van der Waals surface area (Å²) in [6.07, 6.45) is 5.65. The summed E-state index contributed by atoms with van der Waals surface area (Å²) in [5, 5.41) is 0. The van der Waals surface area contributed by atoms with Crippen LogP contribution >= 0.6 is 0 Å². The Labute approximate surface area is 77.7 Å². The lowest BCUT2D eigenvalue weighted by molar-refractivity contribution is -0.000116. The van der Waals surface area contributed by atoms with Crippen LogP contribution in [0.1, 0.15) is 24.8 Å². The van der Waals surface area contributed by atoms with Gasteiger partial charge in [0.2, 0.25) is 0 Å². The molecule has 2 atom stereocenters. The van der Waals surface area contributed by atoms with Crippen LogP contribution < -0.4 is 5.73 Å². The van der Waals surface area contributed by atoms with Crippen LogP contribution in [-0.4, -0.2) is 22.2 Å². The fraction of sp³-hybridized carbons (Fsp3) is 0.667. The molecule has 0 aromatic carbocycles. The molecule has 0 bridgehead atoms. The summed E-state index contributed by atoms with van der Waals surface area (Å²) in [6, 6.07) is 0.260. The van der Waals surface area contributed by atoms with E-state index in [1.807, 2.05) is 17.8 Å². The van der Waals surface area contributed by atoms with E-state index in [-0.39, 0.29) is 12.1 Å². The van der Waals surface area contributed by atoms with Crippen LogP contribution in [0.2, 0.25) is 0 Å². The molecule has 1 fully saturated rings. The number of aromatic nitrogens is 2. The third-order valence-electron chi connectivity index (χ3n) is 2.47. The lowest BCUT2D eigenvalue weighted by Gasteiger charge is -2.26. The second-order valence-electron chi connectivity index (χ2n) is 3.54. The average molecular weight is 181 g/mol. The van der Waals surface area contributed by atoms with E-state index in [9.17, 15) is 0 Å². The zero-order valence-electron chi connectivity index (χ0n) is 7.81. The molecule has 4 nitrogen and oxygen atoms in total. The third kappa shape index (κ3) is 1.73. The number of ether oxygens (including phenoxy) is 1. The Morgan fingerprint density at radius 1 is 1.69 bits per heavy atom. The van der Waals surface area contributed by atoms with Crippen molar-refractivity contribution in [2.24, 2.45) is 12.8 Å². The van der Waals surface area contributed by atoms with E-state index >= 15 is 0 Å². The van der Waals surface area contributed by atoms with Crippen molar-refractivity contribution in [3.8, 4) is 0 Å². The van der Waals surface area contributed by atoms with Crippen molar-refractivity contribution in [2.45, 2.75) is 25.0 Å². The SMILES string of the molecule is Cn1ccnc1[C@H]1C[C@H](N)CCO1. The van der Waals surface area contributed by atoms with Gasteiger partial charge in [0.25, 0.3) is 0 Å². The molecule has 0 amide bonds. The van der Waals surface area contributed by atoms with E-state index in [1.165, 1.54) is 0 Å². The van der Waals surface area contributed by atoms with Crippen molar-refractivity contribution < 1.29 is 4.74 Å². The summed E-state index contributed by atoms with van der Waals surface area (Å²) in [7, 11) is 1.98. The molecule has 0 unspecified atom stereocenters. The molecule has 2 N–H and O–H groups in total. The normalized spacial score (nSPS) is 29.1. The van der Waals surface area contributed by atoms with Gasteiger partial charge in [-0.2, -0.15) is 0 Å². The summed E-state index contributed by atoms with van der Waals surface area (Å²) >= 11 is 0. The van der Waals surface area contributed by atoms with Crippen molar-refractivity contribution in [1.29, 1.82) is 0 Å². The minimum Gasteiger partial charge on any atom is -0.370 e.